The van der Waals surface area contributed by atoms with E-state index in [4.69, 9.17) is 9.05 Å². The molecule has 0 unspecified atom stereocenters. The summed E-state index contributed by atoms with van der Waals surface area (Å²) in [6, 6.07) is 0. The lowest BCUT2D eigenvalue weighted by Crippen LogP contribution is -1.90. The van der Waals surface area contributed by atoms with Crippen LogP contribution in [0, 0.1) is 0 Å². The van der Waals surface area contributed by atoms with Crippen molar-refractivity contribution in [3.63, 3.8) is 0 Å². The molecule has 112 valence electrons. The molecule has 20 heavy (non-hydrogen) atoms. The Bertz CT molecular complexity index is 435. The average Bonchev–Trinajstić information content (AvgIpc) is 3.09. The summed E-state index contributed by atoms with van der Waals surface area (Å²) in [7, 11) is 0. The Labute approximate surface area is 121 Å². The number of nitrogens with zero attached hydrogens (tertiary/aromatic N) is 2. The lowest BCUT2D eigenvalue weighted by atomic mass is 10.1. The van der Waals surface area contributed by atoms with Crippen LogP contribution in [0.1, 0.15) is 63.1 Å². The lowest BCUT2D eigenvalue weighted by Gasteiger charge is -1.94. The van der Waals surface area contributed by atoms with Gasteiger partial charge in [-0.2, -0.15) is 0 Å². The highest BCUT2D eigenvalue weighted by Gasteiger charge is 2.04. The molecule has 0 aliphatic heterocycles. The van der Waals surface area contributed by atoms with Crippen molar-refractivity contribution in [2.45, 2.75) is 66.2 Å². The molecule has 0 spiro atoms. The first-order valence-electron chi connectivity index (χ1n) is 7.60. The molecule has 0 aliphatic rings. The van der Waals surface area contributed by atoms with Gasteiger partial charge in [-0.05, 0) is 25.7 Å². The third-order valence-corrected chi connectivity index (χ3v) is 3.18. The second-order valence-electron chi connectivity index (χ2n) is 4.78. The van der Waals surface area contributed by atoms with Crippen molar-refractivity contribution in [2.75, 3.05) is 0 Å². The molecule has 2 rings (SSSR count). The van der Waals surface area contributed by atoms with Crippen LogP contribution in [0.3, 0.4) is 0 Å². The summed E-state index contributed by atoms with van der Waals surface area (Å²) in [5.74, 6) is 0. The second-order valence-corrected chi connectivity index (χ2v) is 4.78. The van der Waals surface area contributed by atoms with Gasteiger partial charge in [-0.25, -0.2) is 0 Å². The summed E-state index contributed by atoms with van der Waals surface area (Å²) in [5, 5.41) is 7.78. The van der Waals surface area contributed by atoms with Crippen LogP contribution in [0.4, 0.5) is 0 Å². The van der Waals surface area contributed by atoms with Crippen molar-refractivity contribution in [3.05, 3.63) is 35.0 Å². The smallest absolute Gasteiger partial charge is 0.127 e. The monoisotopic (exact) mass is 278 g/mol. The molecule has 0 amide bonds. The van der Waals surface area contributed by atoms with E-state index >= 15 is 0 Å². The molecule has 0 bridgehead atoms. The van der Waals surface area contributed by atoms with Crippen molar-refractivity contribution < 1.29 is 9.05 Å². The summed E-state index contributed by atoms with van der Waals surface area (Å²) in [4.78, 5) is 0. The third kappa shape index (κ3) is 4.83. The SMILES string of the molecule is CCCc1conc1CCC.CCc1conc1CC. The van der Waals surface area contributed by atoms with E-state index < -0.39 is 0 Å². The highest BCUT2D eigenvalue weighted by molar-refractivity contribution is 5.14. The van der Waals surface area contributed by atoms with E-state index in [0.717, 1.165) is 49.9 Å². The van der Waals surface area contributed by atoms with Gasteiger partial charge in [-0.15, -0.1) is 0 Å². The van der Waals surface area contributed by atoms with Crippen LogP contribution in [-0.4, -0.2) is 10.3 Å². The summed E-state index contributed by atoms with van der Waals surface area (Å²) >= 11 is 0. The Morgan fingerprint density at radius 3 is 1.85 bits per heavy atom. The summed E-state index contributed by atoms with van der Waals surface area (Å²) in [6.07, 6.45) is 9.94. The molecule has 4 nitrogen and oxygen atoms in total. The van der Waals surface area contributed by atoms with Crippen LogP contribution in [-0.2, 0) is 25.7 Å². The Morgan fingerprint density at radius 1 is 0.750 bits per heavy atom. The third-order valence-electron chi connectivity index (χ3n) is 3.18. The second kappa shape index (κ2) is 9.34. The van der Waals surface area contributed by atoms with Gasteiger partial charge in [0.05, 0.1) is 11.4 Å². The van der Waals surface area contributed by atoms with E-state index in [1.165, 1.54) is 11.1 Å². The molecule has 2 aromatic rings. The molecule has 0 aromatic carbocycles. The fourth-order valence-corrected chi connectivity index (χ4v) is 2.06. The van der Waals surface area contributed by atoms with Gasteiger partial charge in [0.2, 0.25) is 0 Å². The van der Waals surface area contributed by atoms with Crippen LogP contribution in [0.25, 0.3) is 0 Å². The van der Waals surface area contributed by atoms with Crippen LogP contribution in [0.5, 0.6) is 0 Å². The normalized spacial score (nSPS) is 10.2. The summed E-state index contributed by atoms with van der Waals surface area (Å²) in [5.41, 5.74) is 4.76. The highest BCUT2D eigenvalue weighted by Crippen LogP contribution is 2.10. The fourth-order valence-electron chi connectivity index (χ4n) is 2.06. The van der Waals surface area contributed by atoms with E-state index in [1.807, 2.05) is 0 Å². The van der Waals surface area contributed by atoms with Gasteiger partial charge in [0.25, 0.3) is 0 Å². The molecule has 0 atom stereocenters. The molecule has 2 aromatic heterocycles. The zero-order valence-electron chi connectivity index (χ0n) is 13.1. The molecular weight excluding hydrogens is 252 g/mol. The zero-order valence-corrected chi connectivity index (χ0v) is 13.1. The van der Waals surface area contributed by atoms with Gasteiger partial charge < -0.3 is 9.05 Å². The topological polar surface area (TPSA) is 52.1 Å². The number of hydrogen-bond donors (Lipinski definition) is 0. The minimum Gasteiger partial charge on any atom is -0.364 e. The molecule has 0 N–H and O–H groups in total. The van der Waals surface area contributed by atoms with Crippen molar-refractivity contribution in [3.8, 4) is 0 Å². The van der Waals surface area contributed by atoms with E-state index in [1.54, 1.807) is 12.5 Å². The molecule has 0 saturated carbocycles. The minimum absolute atomic E-state index is 0.972. The molecule has 4 heteroatoms. The van der Waals surface area contributed by atoms with Gasteiger partial charge >= 0.3 is 0 Å². The Hall–Kier alpha value is -1.58. The maximum absolute atomic E-state index is 4.90. The largest absolute Gasteiger partial charge is 0.364 e. The minimum atomic E-state index is 0.972. The van der Waals surface area contributed by atoms with E-state index in [-0.39, 0.29) is 0 Å². The molecule has 0 radical (unpaired) electrons. The van der Waals surface area contributed by atoms with E-state index in [0.29, 0.717) is 0 Å². The van der Waals surface area contributed by atoms with Crippen molar-refractivity contribution in [2.24, 2.45) is 0 Å². The molecule has 0 saturated heterocycles. The van der Waals surface area contributed by atoms with Crippen molar-refractivity contribution >= 4 is 0 Å². The average molecular weight is 278 g/mol. The summed E-state index contributed by atoms with van der Waals surface area (Å²) < 4.78 is 9.68. The molecule has 0 fully saturated rings. The Morgan fingerprint density at radius 2 is 1.35 bits per heavy atom. The van der Waals surface area contributed by atoms with Gasteiger partial charge in [0.15, 0.2) is 0 Å². The van der Waals surface area contributed by atoms with Crippen molar-refractivity contribution in [1.82, 2.24) is 10.3 Å². The van der Waals surface area contributed by atoms with Crippen LogP contribution in [0.2, 0.25) is 0 Å². The van der Waals surface area contributed by atoms with Crippen LogP contribution < -0.4 is 0 Å². The maximum Gasteiger partial charge on any atom is 0.127 e. The highest BCUT2D eigenvalue weighted by atomic mass is 16.5. The Kier molecular flexibility index (Phi) is 7.70. The predicted octanol–water partition coefficient (Wildman–Crippen LogP) is 4.38. The number of aromatic nitrogens is 2. The van der Waals surface area contributed by atoms with Crippen molar-refractivity contribution in [1.29, 1.82) is 0 Å². The maximum atomic E-state index is 4.90. The predicted molar refractivity (Wildman–Crippen MR) is 79.8 cm³/mol. The van der Waals surface area contributed by atoms with Gasteiger partial charge in [-0.1, -0.05) is 50.8 Å². The zero-order chi connectivity index (χ0) is 14.8. The number of aryl methyl sites for hydroxylation is 4. The number of hydrogen-bond acceptors (Lipinski definition) is 4. The Balaban J connectivity index is 0.000000204. The summed E-state index contributed by atoms with van der Waals surface area (Å²) in [6.45, 7) is 8.51. The van der Waals surface area contributed by atoms with Gasteiger partial charge in [0, 0.05) is 11.1 Å². The standard InChI is InChI=1S/C9H15NO.C7H11NO/c1-3-5-8-7-11-10-9(8)6-4-2;1-3-6-5-9-8-7(6)4-2/h7H,3-6H2,1-2H3;5H,3-4H2,1-2H3. The first-order chi connectivity index (χ1) is 9.76. The van der Waals surface area contributed by atoms with E-state index in [9.17, 15) is 0 Å². The first kappa shape index (κ1) is 16.5. The number of rotatable bonds is 6. The van der Waals surface area contributed by atoms with E-state index in [2.05, 4.69) is 38.0 Å². The lowest BCUT2D eigenvalue weighted by molar-refractivity contribution is 0.411. The quantitative estimate of drug-likeness (QED) is 0.787. The fraction of sp³-hybridized carbons (Fsp3) is 0.625. The molecule has 2 heterocycles. The molecule has 0 aliphatic carbocycles. The van der Waals surface area contributed by atoms with Gasteiger partial charge in [0.1, 0.15) is 12.5 Å². The van der Waals surface area contributed by atoms with Gasteiger partial charge in [-0.3, -0.25) is 0 Å². The molecular formula is C16H26N2O2. The van der Waals surface area contributed by atoms with Crippen LogP contribution in [0.15, 0.2) is 21.6 Å². The first-order valence-corrected chi connectivity index (χ1v) is 7.60. The van der Waals surface area contributed by atoms with Crippen LogP contribution >= 0.6 is 0 Å².